The first-order valence-corrected chi connectivity index (χ1v) is 6.17. The van der Waals surface area contributed by atoms with E-state index in [1.807, 2.05) is 0 Å². The maximum atomic E-state index is 11.7. The molecule has 0 aromatic rings. The molecule has 1 aliphatic heterocycles. The Morgan fingerprint density at radius 1 is 1.33 bits per heavy atom. The second-order valence-corrected chi connectivity index (χ2v) is 6.45. The fourth-order valence-corrected chi connectivity index (χ4v) is 4.58. The van der Waals surface area contributed by atoms with Crippen molar-refractivity contribution in [1.82, 2.24) is 0 Å². The molecular weight excluding hydrogens is 188 g/mol. The highest BCUT2D eigenvalue weighted by Gasteiger charge is 2.60. The lowest BCUT2D eigenvalue weighted by atomic mass is 9.51. The standard InChI is InChI=1S/C13H20O2/c1-12(2)4-3-5-13-7-9(14)6-10(11(12)13)15-8-13/h10-11H,3-8H2,1-2H3/t10-,11+,13-/m0/s1. The van der Waals surface area contributed by atoms with E-state index in [0.717, 1.165) is 13.0 Å². The SMILES string of the molecule is CC1(C)CCC[C@@]23CO[C@@H](CC(=O)C2)[C@H]13. The van der Waals surface area contributed by atoms with E-state index >= 15 is 0 Å². The summed E-state index contributed by atoms with van der Waals surface area (Å²) < 4.78 is 5.90. The molecule has 3 rings (SSSR count). The monoisotopic (exact) mass is 208 g/mol. The van der Waals surface area contributed by atoms with Crippen LogP contribution in [0.1, 0.15) is 46.0 Å². The van der Waals surface area contributed by atoms with Crippen LogP contribution in [0.5, 0.6) is 0 Å². The molecule has 3 atom stereocenters. The number of hydrogen-bond acceptors (Lipinski definition) is 2. The molecule has 2 aliphatic carbocycles. The fourth-order valence-electron chi connectivity index (χ4n) is 4.58. The molecule has 0 N–H and O–H groups in total. The van der Waals surface area contributed by atoms with Crippen LogP contribution in [0.25, 0.3) is 0 Å². The third kappa shape index (κ3) is 1.24. The Balaban J connectivity index is 2.01. The summed E-state index contributed by atoms with van der Waals surface area (Å²) in [6, 6.07) is 0. The maximum Gasteiger partial charge on any atom is 0.136 e. The molecule has 0 amide bonds. The summed E-state index contributed by atoms with van der Waals surface area (Å²) in [5.74, 6) is 1.07. The largest absolute Gasteiger partial charge is 0.377 e. The Kier molecular flexibility index (Phi) is 1.87. The predicted octanol–water partition coefficient (Wildman–Crippen LogP) is 2.56. The van der Waals surface area contributed by atoms with Gasteiger partial charge in [0.1, 0.15) is 5.78 Å². The van der Waals surface area contributed by atoms with Crippen molar-refractivity contribution in [2.45, 2.75) is 52.1 Å². The Morgan fingerprint density at radius 3 is 2.93 bits per heavy atom. The van der Waals surface area contributed by atoms with Gasteiger partial charge in [-0.15, -0.1) is 0 Å². The molecule has 0 spiro atoms. The van der Waals surface area contributed by atoms with Crippen molar-refractivity contribution in [3.63, 3.8) is 0 Å². The molecule has 3 fully saturated rings. The minimum absolute atomic E-state index is 0.224. The number of hydrogen-bond donors (Lipinski definition) is 0. The maximum absolute atomic E-state index is 11.7. The van der Waals surface area contributed by atoms with Crippen molar-refractivity contribution >= 4 is 5.78 Å². The highest BCUT2D eigenvalue weighted by atomic mass is 16.5. The highest BCUT2D eigenvalue weighted by molar-refractivity contribution is 5.81. The molecule has 84 valence electrons. The van der Waals surface area contributed by atoms with Crippen molar-refractivity contribution in [3.05, 3.63) is 0 Å². The zero-order valence-electron chi connectivity index (χ0n) is 9.71. The number of ether oxygens (including phenoxy) is 1. The van der Waals surface area contributed by atoms with Gasteiger partial charge < -0.3 is 4.74 Å². The second-order valence-electron chi connectivity index (χ2n) is 6.45. The summed E-state index contributed by atoms with van der Waals surface area (Å²) in [6.45, 7) is 5.57. The quantitative estimate of drug-likeness (QED) is 0.611. The molecular formula is C13H20O2. The van der Waals surface area contributed by atoms with Crippen LogP contribution in [-0.2, 0) is 9.53 Å². The van der Waals surface area contributed by atoms with Gasteiger partial charge in [0.25, 0.3) is 0 Å². The molecule has 3 aliphatic rings. The fraction of sp³-hybridized carbons (Fsp3) is 0.923. The van der Waals surface area contributed by atoms with Gasteiger partial charge in [-0.1, -0.05) is 20.3 Å². The van der Waals surface area contributed by atoms with E-state index in [0.29, 0.717) is 23.5 Å². The Bertz CT molecular complexity index is 304. The first kappa shape index (κ1) is 9.83. The van der Waals surface area contributed by atoms with Crippen LogP contribution in [0.3, 0.4) is 0 Å². The number of ketones is 1. The second kappa shape index (κ2) is 2.85. The van der Waals surface area contributed by atoms with Crippen molar-refractivity contribution in [2.24, 2.45) is 16.7 Å². The average molecular weight is 208 g/mol. The van der Waals surface area contributed by atoms with Crippen LogP contribution in [0.4, 0.5) is 0 Å². The van der Waals surface area contributed by atoms with E-state index in [9.17, 15) is 4.79 Å². The molecule has 1 heterocycles. The number of rotatable bonds is 0. The van der Waals surface area contributed by atoms with Crippen molar-refractivity contribution in [2.75, 3.05) is 6.61 Å². The minimum atomic E-state index is 0.224. The Hall–Kier alpha value is -0.370. The molecule has 2 nitrogen and oxygen atoms in total. The summed E-state index contributed by atoms with van der Waals surface area (Å²) in [5, 5.41) is 0. The van der Waals surface area contributed by atoms with Gasteiger partial charge in [0, 0.05) is 18.3 Å². The van der Waals surface area contributed by atoms with Gasteiger partial charge in [-0.3, -0.25) is 4.79 Å². The lowest BCUT2D eigenvalue weighted by Gasteiger charge is -2.51. The van der Waals surface area contributed by atoms with Gasteiger partial charge in [-0.2, -0.15) is 0 Å². The zero-order valence-corrected chi connectivity index (χ0v) is 9.71. The third-order valence-electron chi connectivity index (χ3n) is 4.93. The summed E-state index contributed by atoms with van der Waals surface area (Å²) in [6.07, 6.45) is 5.48. The van der Waals surface area contributed by atoms with Crippen molar-refractivity contribution < 1.29 is 9.53 Å². The normalized spacial score (nSPS) is 47.7. The van der Waals surface area contributed by atoms with Crippen LogP contribution < -0.4 is 0 Å². The summed E-state index contributed by atoms with van der Waals surface area (Å²) >= 11 is 0. The van der Waals surface area contributed by atoms with Gasteiger partial charge >= 0.3 is 0 Å². The third-order valence-corrected chi connectivity index (χ3v) is 4.93. The molecule has 2 saturated carbocycles. The van der Waals surface area contributed by atoms with Crippen LogP contribution in [0.2, 0.25) is 0 Å². The highest BCUT2D eigenvalue weighted by Crippen LogP contribution is 2.61. The molecule has 2 heteroatoms. The number of carbonyl (C=O) groups excluding carboxylic acids is 1. The van der Waals surface area contributed by atoms with E-state index in [1.165, 1.54) is 19.3 Å². The van der Waals surface area contributed by atoms with Gasteiger partial charge in [0.2, 0.25) is 0 Å². The molecule has 15 heavy (non-hydrogen) atoms. The number of Topliss-reactive ketones (excluding diaryl/α,β-unsaturated/α-hetero) is 1. The van der Waals surface area contributed by atoms with E-state index < -0.39 is 0 Å². The Morgan fingerprint density at radius 2 is 2.13 bits per heavy atom. The molecule has 1 saturated heterocycles. The van der Waals surface area contributed by atoms with Crippen molar-refractivity contribution in [1.29, 1.82) is 0 Å². The molecule has 0 radical (unpaired) electrons. The van der Waals surface area contributed by atoms with E-state index in [2.05, 4.69) is 13.8 Å². The number of carbonyl (C=O) groups is 1. The van der Waals surface area contributed by atoms with Crippen LogP contribution in [-0.4, -0.2) is 18.5 Å². The first-order valence-electron chi connectivity index (χ1n) is 6.17. The summed E-state index contributed by atoms with van der Waals surface area (Å²) in [7, 11) is 0. The predicted molar refractivity (Wildman–Crippen MR) is 57.5 cm³/mol. The van der Waals surface area contributed by atoms with Gasteiger partial charge in [-0.05, 0) is 24.2 Å². The summed E-state index contributed by atoms with van der Waals surface area (Å²) in [4.78, 5) is 11.7. The van der Waals surface area contributed by atoms with Gasteiger partial charge in [0.15, 0.2) is 0 Å². The molecule has 0 aromatic carbocycles. The van der Waals surface area contributed by atoms with Gasteiger partial charge in [-0.25, -0.2) is 0 Å². The minimum Gasteiger partial charge on any atom is -0.377 e. The molecule has 0 aromatic heterocycles. The lowest BCUT2D eigenvalue weighted by molar-refractivity contribution is -0.130. The Labute approximate surface area is 91.4 Å². The topological polar surface area (TPSA) is 26.3 Å². The van der Waals surface area contributed by atoms with Gasteiger partial charge in [0.05, 0.1) is 12.7 Å². The lowest BCUT2D eigenvalue weighted by Crippen LogP contribution is -2.50. The summed E-state index contributed by atoms with van der Waals surface area (Å²) in [5.41, 5.74) is 0.599. The molecule has 0 unspecified atom stereocenters. The first-order chi connectivity index (χ1) is 7.04. The van der Waals surface area contributed by atoms with Crippen molar-refractivity contribution in [3.8, 4) is 0 Å². The molecule has 2 bridgehead atoms. The average Bonchev–Trinajstić information content (AvgIpc) is 2.37. The van der Waals surface area contributed by atoms with Crippen LogP contribution in [0.15, 0.2) is 0 Å². The smallest absolute Gasteiger partial charge is 0.136 e. The van der Waals surface area contributed by atoms with E-state index in [4.69, 9.17) is 4.74 Å². The van der Waals surface area contributed by atoms with E-state index in [1.54, 1.807) is 0 Å². The zero-order chi connectivity index (χ0) is 10.7. The van der Waals surface area contributed by atoms with E-state index in [-0.39, 0.29) is 11.5 Å². The van der Waals surface area contributed by atoms with Crippen LogP contribution >= 0.6 is 0 Å². The van der Waals surface area contributed by atoms with Crippen LogP contribution in [0, 0.1) is 16.7 Å².